The maximum Gasteiger partial charge on any atom is 0.412 e. The van der Waals surface area contributed by atoms with Gasteiger partial charge in [0, 0.05) is 23.5 Å². The van der Waals surface area contributed by atoms with Gasteiger partial charge >= 0.3 is 6.09 Å². The molecule has 0 radical (unpaired) electrons. The third-order valence-electron chi connectivity index (χ3n) is 2.00. The van der Waals surface area contributed by atoms with E-state index in [1.807, 2.05) is 20.8 Å². The standard InChI is InChI=1S/C14H24N2O3Si/c1-14(2,3)18-13(17)16-11-7-10(15)8-12(9-11)19-20(4,5)6/h7-9H,15H2,1-6H3,(H,16,17). The Hall–Kier alpha value is -1.69. The molecule has 0 atom stereocenters. The van der Waals surface area contributed by atoms with Crippen molar-refractivity contribution in [3.05, 3.63) is 18.2 Å². The SMILES string of the molecule is CC(C)(C)OC(=O)Nc1cc(N)cc(O[Si](C)(C)C)c1. The van der Waals surface area contributed by atoms with Crippen LogP contribution in [0.5, 0.6) is 5.75 Å². The van der Waals surface area contributed by atoms with Crippen LogP contribution in [-0.4, -0.2) is 20.0 Å². The maximum absolute atomic E-state index is 11.7. The summed E-state index contributed by atoms with van der Waals surface area (Å²) in [6, 6.07) is 5.16. The molecule has 0 spiro atoms. The number of nitrogens with two attached hydrogens (primary N) is 1. The first-order valence-electron chi connectivity index (χ1n) is 6.54. The Morgan fingerprint density at radius 1 is 1.20 bits per heavy atom. The fourth-order valence-electron chi connectivity index (χ4n) is 1.53. The predicted octanol–water partition coefficient (Wildman–Crippen LogP) is 3.83. The number of nitrogens with one attached hydrogen (secondary N) is 1. The molecule has 1 rings (SSSR count). The van der Waals surface area contributed by atoms with Crippen LogP contribution in [0.4, 0.5) is 16.2 Å². The van der Waals surface area contributed by atoms with E-state index in [0.29, 0.717) is 17.1 Å². The van der Waals surface area contributed by atoms with Crippen molar-refractivity contribution in [2.75, 3.05) is 11.1 Å². The van der Waals surface area contributed by atoms with E-state index in [0.717, 1.165) is 0 Å². The Kier molecular flexibility index (Phi) is 4.70. The average molecular weight is 296 g/mol. The van der Waals surface area contributed by atoms with Crippen LogP contribution in [0, 0.1) is 0 Å². The monoisotopic (exact) mass is 296 g/mol. The molecule has 3 N–H and O–H groups in total. The Morgan fingerprint density at radius 2 is 1.80 bits per heavy atom. The van der Waals surface area contributed by atoms with Crippen LogP contribution in [0.1, 0.15) is 20.8 Å². The van der Waals surface area contributed by atoms with Gasteiger partial charge < -0.3 is 14.9 Å². The number of nitrogen functional groups attached to an aromatic ring is 1. The fourth-order valence-corrected chi connectivity index (χ4v) is 2.35. The summed E-state index contributed by atoms with van der Waals surface area (Å²) in [6.45, 7) is 11.7. The molecule has 0 saturated heterocycles. The first-order valence-corrected chi connectivity index (χ1v) is 9.95. The number of carbonyl (C=O) groups excluding carboxylic acids is 1. The maximum atomic E-state index is 11.7. The van der Waals surface area contributed by atoms with Crippen molar-refractivity contribution in [2.45, 2.75) is 46.0 Å². The van der Waals surface area contributed by atoms with Crippen LogP contribution in [0.25, 0.3) is 0 Å². The van der Waals surface area contributed by atoms with E-state index in [4.69, 9.17) is 14.9 Å². The molecule has 0 saturated carbocycles. The first kappa shape index (κ1) is 16.4. The van der Waals surface area contributed by atoms with E-state index >= 15 is 0 Å². The summed E-state index contributed by atoms with van der Waals surface area (Å²) in [6.07, 6.45) is -0.512. The van der Waals surface area contributed by atoms with Crippen LogP contribution < -0.4 is 15.5 Å². The molecule has 1 aromatic carbocycles. The van der Waals surface area contributed by atoms with Gasteiger partial charge in [0.2, 0.25) is 8.32 Å². The molecule has 112 valence electrons. The number of ether oxygens (including phenoxy) is 1. The van der Waals surface area contributed by atoms with Gasteiger partial charge in [-0.1, -0.05) is 0 Å². The third kappa shape index (κ3) is 6.47. The van der Waals surface area contributed by atoms with E-state index in [-0.39, 0.29) is 0 Å². The van der Waals surface area contributed by atoms with Gasteiger partial charge in [-0.3, -0.25) is 5.32 Å². The van der Waals surface area contributed by atoms with Crippen molar-refractivity contribution in [1.82, 2.24) is 0 Å². The second-order valence-electron chi connectivity index (χ2n) is 6.63. The van der Waals surface area contributed by atoms with Crippen molar-refractivity contribution < 1.29 is 14.0 Å². The van der Waals surface area contributed by atoms with Crippen molar-refractivity contribution in [3.8, 4) is 5.75 Å². The Balaban J connectivity index is 2.83. The number of carbonyl (C=O) groups is 1. The molecule has 0 unspecified atom stereocenters. The van der Waals surface area contributed by atoms with Gasteiger partial charge in [0.25, 0.3) is 0 Å². The highest BCUT2D eigenvalue weighted by Gasteiger charge is 2.18. The number of rotatable bonds is 3. The highest BCUT2D eigenvalue weighted by Crippen LogP contribution is 2.25. The van der Waals surface area contributed by atoms with Gasteiger partial charge in [-0.25, -0.2) is 4.79 Å². The molecule has 0 aliphatic rings. The number of hydrogen-bond acceptors (Lipinski definition) is 4. The first-order chi connectivity index (χ1) is 8.94. The van der Waals surface area contributed by atoms with Crippen molar-refractivity contribution in [1.29, 1.82) is 0 Å². The number of benzene rings is 1. The van der Waals surface area contributed by atoms with Crippen LogP contribution in [0.15, 0.2) is 18.2 Å². The minimum Gasteiger partial charge on any atom is -0.544 e. The summed E-state index contributed by atoms with van der Waals surface area (Å²) in [5.41, 5.74) is 6.38. The van der Waals surface area contributed by atoms with Crippen LogP contribution in [0.3, 0.4) is 0 Å². The minimum atomic E-state index is -1.72. The molecule has 0 aliphatic carbocycles. The van der Waals surface area contributed by atoms with E-state index in [9.17, 15) is 4.79 Å². The summed E-state index contributed by atoms with van der Waals surface area (Å²) in [7, 11) is -1.72. The van der Waals surface area contributed by atoms with Crippen molar-refractivity contribution >= 4 is 25.8 Å². The summed E-state index contributed by atoms with van der Waals surface area (Å²) in [5, 5.41) is 2.66. The molecular formula is C14H24N2O3Si. The second-order valence-corrected chi connectivity index (χ2v) is 11.1. The molecule has 5 nitrogen and oxygen atoms in total. The molecule has 0 heterocycles. The third-order valence-corrected chi connectivity index (χ3v) is 2.85. The summed E-state index contributed by atoms with van der Waals surface area (Å²) in [5.74, 6) is 0.662. The van der Waals surface area contributed by atoms with Gasteiger partial charge in [0.1, 0.15) is 11.4 Å². The van der Waals surface area contributed by atoms with Gasteiger partial charge in [0.05, 0.1) is 0 Å². The van der Waals surface area contributed by atoms with Crippen molar-refractivity contribution in [2.24, 2.45) is 0 Å². The molecular weight excluding hydrogens is 272 g/mol. The smallest absolute Gasteiger partial charge is 0.412 e. The van der Waals surface area contributed by atoms with E-state index < -0.39 is 20.0 Å². The van der Waals surface area contributed by atoms with Crippen molar-refractivity contribution in [3.63, 3.8) is 0 Å². The lowest BCUT2D eigenvalue weighted by Crippen LogP contribution is -2.29. The molecule has 20 heavy (non-hydrogen) atoms. The lowest BCUT2D eigenvalue weighted by molar-refractivity contribution is 0.0636. The summed E-state index contributed by atoms with van der Waals surface area (Å²) in [4.78, 5) is 11.7. The Bertz CT molecular complexity index is 490. The summed E-state index contributed by atoms with van der Waals surface area (Å²) < 4.78 is 11.1. The zero-order valence-corrected chi connectivity index (χ0v) is 14.0. The highest BCUT2D eigenvalue weighted by molar-refractivity contribution is 6.70. The zero-order valence-electron chi connectivity index (χ0n) is 13.0. The highest BCUT2D eigenvalue weighted by atomic mass is 28.4. The molecule has 0 aromatic heterocycles. The Morgan fingerprint density at radius 3 is 2.30 bits per heavy atom. The molecule has 6 heteroatoms. The van der Waals surface area contributed by atoms with E-state index in [1.165, 1.54) is 0 Å². The zero-order chi connectivity index (χ0) is 15.6. The largest absolute Gasteiger partial charge is 0.544 e. The second kappa shape index (κ2) is 5.74. The normalized spacial score (nSPS) is 11.9. The van der Waals surface area contributed by atoms with Gasteiger partial charge in [0.15, 0.2) is 0 Å². The molecule has 1 aromatic rings. The average Bonchev–Trinajstić information content (AvgIpc) is 2.08. The molecule has 0 aliphatic heterocycles. The number of anilines is 2. The quantitative estimate of drug-likeness (QED) is 0.656. The molecule has 0 bridgehead atoms. The molecule has 1 amide bonds. The van der Waals surface area contributed by atoms with Crippen LogP contribution in [-0.2, 0) is 4.74 Å². The van der Waals surface area contributed by atoms with Crippen LogP contribution >= 0.6 is 0 Å². The fraction of sp³-hybridized carbons (Fsp3) is 0.500. The lowest BCUT2D eigenvalue weighted by Gasteiger charge is -2.21. The van der Waals surface area contributed by atoms with Gasteiger partial charge in [-0.2, -0.15) is 0 Å². The van der Waals surface area contributed by atoms with Gasteiger partial charge in [-0.15, -0.1) is 0 Å². The Labute approximate surface area is 121 Å². The van der Waals surface area contributed by atoms with Gasteiger partial charge in [-0.05, 0) is 46.5 Å². The number of amides is 1. The summed E-state index contributed by atoms with van der Waals surface area (Å²) >= 11 is 0. The lowest BCUT2D eigenvalue weighted by atomic mass is 10.2. The number of hydrogen-bond donors (Lipinski definition) is 2. The van der Waals surface area contributed by atoms with Crippen LogP contribution in [0.2, 0.25) is 19.6 Å². The van der Waals surface area contributed by atoms with E-state index in [2.05, 4.69) is 25.0 Å². The topological polar surface area (TPSA) is 73.6 Å². The minimum absolute atomic E-state index is 0.512. The predicted molar refractivity (Wildman–Crippen MR) is 84.7 cm³/mol. The van der Waals surface area contributed by atoms with E-state index in [1.54, 1.807) is 18.2 Å². The molecule has 0 fully saturated rings.